The van der Waals surface area contributed by atoms with Crippen LogP contribution in [0.15, 0.2) is 63.0 Å². The van der Waals surface area contributed by atoms with Crippen LogP contribution in [0.1, 0.15) is 43.9 Å². The minimum Gasteiger partial charge on any atom is -0.506 e. The molecule has 0 unspecified atom stereocenters. The number of Topliss-reactive ketones (excluding diaryl/α,β-unsaturated/α-hetero) is 1. The molecular weight excluding hydrogens is 506 g/mol. The molecule has 3 aromatic rings. The molecular formula is C25H21Br2NO2. The van der Waals surface area contributed by atoms with Gasteiger partial charge in [0.15, 0.2) is 5.78 Å². The first-order valence-corrected chi connectivity index (χ1v) is 11.6. The number of aromatic hydroxyl groups is 1. The van der Waals surface area contributed by atoms with E-state index in [1.165, 1.54) is 10.8 Å². The standard InChI is InChI=1S/C25H21Br2NO2/c1-25(2)11-16-21-15-6-4-3-5-13(15)7-8-19(21)28-23(22(16)20(29)12-25)14-9-17(26)24(30)18(27)10-14/h3-10,23,28,30H,11-12H2,1-2H3/t23-/m0/s1. The maximum Gasteiger partial charge on any atom is 0.162 e. The van der Waals surface area contributed by atoms with Gasteiger partial charge in [0.25, 0.3) is 0 Å². The van der Waals surface area contributed by atoms with Crippen molar-refractivity contribution in [2.45, 2.75) is 32.7 Å². The fraction of sp³-hybridized carbons (Fsp3) is 0.240. The van der Waals surface area contributed by atoms with Crippen molar-refractivity contribution in [3.63, 3.8) is 0 Å². The second kappa shape index (κ2) is 6.96. The number of carbonyl (C=O) groups is 1. The van der Waals surface area contributed by atoms with Crippen molar-refractivity contribution in [2.75, 3.05) is 5.32 Å². The van der Waals surface area contributed by atoms with Crippen LogP contribution in [0.2, 0.25) is 0 Å². The van der Waals surface area contributed by atoms with E-state index in [-0.39, 0.29) is 23.0 Å². The number of hydrogen-bond acceptors (Lipinski definition) is 3. The molecule has 0 saturated carbocycles. The molecule has 0 spiro atoms. The van der Waals surface area contributed by atoms with E-state index in [9.17, 15) is 9.90 Å². The monoisotopic (exact) mass is 525 g/mol. The lowest BCUT2D eigenvalue weighted by Crippen LogP contribution is -2.33. The average Bonchev–Trinajstić information content (AvgIpc) is 2.69. The van der Waals surface area contributed by atoms with Crippen molar-refractivity contribution >= 4 is 59.7 Å². The SMILES string of the molecule is CC1(C)CC(=O)C2=C(C1)c1c(ccc3ccccc13)N[C@H]2c1cc(Br)c(O)c(Br)c1. The van der Waals surface area contributed by atoms with E-state index in [4.69, 9.17) is 0 Å². The van der Waals surface area contributed by atoms with Crippen LogP contribution in [0.4, 0.5) is 5.69 Å². The second-order valence-corrected chi connectivity index (χ2v) is 10.7. The average molecular weight is 527 g/mol. The number of carbonyl (C=O) groups excluding carboxylic acids is 1. The molecule has 5 rings (SSSR count). The van der Waals surface area contributed by atoms with Crippen molar-refractivity contribution in [1.82, 2.24) is 0 Å². The van der Waals surface area contributed by atoms with Gasteiger partial charge in [0, 0.05) is 23.2 Å². The molecule has 30 heavy (non-hydrogen) atoms. The molecule has 3 nitrogen and oxygen atoms in total. The zero-order chi connectivity index (χ0) is 21.2. The molecule has 152 valence electrons. The van der Waals surface area contributed by atoms with Crippen LogP contribution in [0.5, 0.6) is 5.75 Å². The highest BCUT2D eigenvalue weighted by Crippen LogP contribution is 2.52. The van der Waals surface area contributed by atoms with Gasteiger partial charge in [-0.05, 0) is 83.8 Å². The maximum absolute atomic E-state index is 13.4. The van der Waals surface area contributed by atoms with Crippen molar-refractivity contribution in [2.24, 2.45) is 5.41 Å². The van der Waals surface area contributed by atoms with E-state index < -0.39 is 0 Å². The molecule has 0 bridgehead atoms. The number of halogens is 2. The molecule has 1 heterocycles. The molecule has 1 aliphatic carbocycles. The van der Waals surface area contributed by atoms with Crippen LogP contribution in [0.25, 0.3) is 16.3 Å². The summed E-state index contributed by atoms with van der Waals surface area (Å²) in [7, 11) is 0. The van der Waals surface area contributed by atoms with Gasteiger partial charge in [0.1, 0.15) is 5.75 Å². The Kier molecular flexibility index (Phi) is 4.60. The molecule has 0 fully saturated rings. The molecule has 0 amide bonds. The van der Waals surface area contributed by atoms with Gasteiger partial charge in [-0.15, -0.1) is 0 Å². The molecule has 5 heteroatoms. The van der Waals surface area contributed by atoms with E-state index in [0.29, 0.717) is 15.4 Å². The van der Waals surface area contributed by atoms with Gasteiger partial charge in [-0.25, -0.2) is 0 Å². The van der Waals surface area contributed by atoms with Crippen LogP contribution < -0.4 is 5.32 Å². The molecule has 2 N–H and O–H groups in total. The van der Waals surface area contributed by atoms with Crippen LogP contribution >= 0.6 is 31.9 Å². The summed E-state index contributed by atoms with van der Waals surface area (Å²) in [5, 5.41) is 16.1. The number of nitrogens with one attached hydrogen (secondary N) is 1. The Morgan fingerprint density at radius 2 is 1.73 bits per heavy atom. The van der Waals surface area contributed by atoms with Gasteiger partial charge in [-0.2, -0.15) is 0 Å². The molecule has 0 radical (unpaired) electrons. The zero-order valence-corrected chi connectivity index (χ0v) is 19.9. The van der Waals surface area contributed by atoms with Gasteiger partial charge in [-0.1, -0.05) is 44.2 Å². The number of anilines is 1. The zero-order valence-electron chi connectivity index (χ0n) is 16.7. The Labute approximate surface area is 192 Å². The van der Waals surface area contributed by atoms with E-state index in [1.807, 2.05) is 18.2 Å². The third-order valence-corrected chi connectivity index (χ3v) is 7.32. The van der Waals surface area contributed by atoms with Crippen LogP contribution in [-0.4, -0.2) is 10.9 Å². The molecule has 1 aliphatic heterocycles. The van der Waals surface area contributed by atoms with Crippen LogP contribution in [0, 0.1) is 5.41 Å². The minimum absolute atomic E-state index is 0.0812. The Bertz CT molecular complexity index is 1240. The van der Waals surface area contributed by atoms with Crippen molar-refractivity contribution in [1.29, 1.82) is 0 Å². The fourth-order valence-electron chi connectivity index (χ4n) is 4.84. The molecule has 0 aromatic heterocycles. The van der Waals surface area contributed by atoms with Gasteiger partial charge >= 0.3 is 0 Å². The number of allylic oxidation sites excluding steroid dienone is 1. The summed E-state index contributed by atoms with van der Waals surface area (Å²) in [6, 6.07) is 16.1. The van der Waals surface area contributed by atoms with Crippen molar-refractivity contribution in [3.05, 3.63) is 74.2 Å². The summed E-state index contributed by atoms with van der Waals surface area (Å²) in [6.07, 6.45) is 1.39. The normalized spacial score (nSPS) is 20.0. The first kappa shape index (κ1) is 19.8. The number of rotatable bonds is 1. The third kappa shape index (κ3) is 3.10. The molecule has 0 saturated heterocycles. The predicted octanol–water partition coefficient (Wildman–Crippen LogP) is 7.38. The largest absolute Gasteiger partial charge is 0.506 e. The summed E-state index contributed by atoms with van der Waals surface area (Å²) in [6.45, 7) is 4.34. The summed E-state index contributed by atoms with van der Waals surface area (Å²) in [4.78, 5) is 13.4. The Balaban J connectivity index is 1.80. The van der Waals surface area contributed by atoms with E-state index in [1.54, 1.807) is 0 Å². The van der Waals surface area contributed by atoms with E-state index in [0.717, 1.165) is 34.4 Å². The van der Waals surface area contributed by atoms with Crippen LogP contribution in [-0.2, 0) is 4.79 Å². The predicted molar refractivity (Wildman–Crippen MR) is 129 cm³/mol. The van der Waals surface area contributed by atoms with Crippen molar-refractivity contribution in [3.8, 4) is 5.75 Å². The highest BCUT2D eigenvalue weighted by molar-refractivity contribution is 9.11. The fourth-order valence-corrected chi connectivity index (χ4v) is 6.06. The lowest BCUT2D eigenvalue weighted by atomic mass is 9.68. The number of ketones is 1. The lowest BCUT2D eigenvalue weighted by Gasteiger charge is -2.40. The number of hydrogen-bond donors (Lipinski definition) is 2. The Hall–Kier alpha value is -2.11. The molecule has 3 aromatic carbocycles. The quantitative estimate of drug-likeness (QED) is 0.347. The van der Waals surface area contributed by atoms with Gasteiger partial charge in [0.2, 0.25) is 0 Å². The number of benzene rings is 3. The lowest BCUT2D eigenvalue weighted by molar-refractivity contribution is -0.118. The Morgan fingerprint density at radius 3 is 2.47 bits per heavy atom. The van der Waals surface area contributed by atoms with E-state index in [2.05, 4.69) is 81.4 Å². The minimum atomic E-state index is -0.259. The summed E-state index contributed by atoms with van der Waals surface area (Å²) < 4.78 is 1.20. The number of fused-ring (bicyclic) bond motifs is 4. The summed E-state index contributed by atoms with van der Waals surface area (Å²) in [5.74, 6) is 0.351. The number of phenolic OH excluding ortho intramolecular Hbond substituents is 1. The molecule has 1 atom stereocenters. The Morgan fingerprint density at radius 1 is 1.03 bits per heavy atom. The van der Waals surface area contributed by atoms with Crippen LogP contribution in [0.3, 0.4) is 0 Å². The summed E-state index contributed by atoms with van der Waals surface area (Å²) >= 11 is 6.88. The van der Waals surface area contributed by atoms with Gasteiger partial charge in [-0.3, -0.25) is 4.79 Å². The van der Waals surface area contributed by atoms with Gasteiger partial charge in [0.05, 0.1) is 15.0 Å². The maximum atomic E-state index is 13.4. The highest BCUT2D eigenvalue weighted by atomic mass is 79.9. The van der Waals surface area contributed by atoms with Gasteiger partial charge < -0.3 is 10.4 Å². The topological polar surface area (TPSA) is 49.3 Å². The van der Waals surface area contributed by atoms with E-state index >= 15 is 0 Å². The first-order valence-electron chi connectivity index (χ1n) is 9.98. The highest BCUT2D eigenvalue weighted by Gasteiger charge is 2.41. The second-order valence-electron chi connectivity index (χ2n) is 8.95. The smallest absolute Gasteiger partial charge is 0.162 e. The molecule has 2 aliphatic rings. The third-order valence-electron chi connectivity index (χ3n) is 6.11. The number of phenols is 1. The van der Waals surface area contributed by atoms with Crippen molar-refractivity contribution < 1.29 is 9.90 Å². The summed E-state index contributed by atoms with van der Waals surface area (Å²) in [5.41, 5.74) is 5.05. The first-order chi connectivity index (χ1) is 14.2.